The molecule has 7 nitrogen and oxygen atoms in total. The molecule has 4 rings (SSSR count). The van der Waals surface area contributed by atoms with Gasteiger partial charge in [0.25, 0.3) is 0 Å². The number of terminal acetylenes is 1. The van der Waals surface area contributed by atoms with Crippen molar-refractivity contribution in [1.29, 1.82) is 0 Å². The van der Waals surface area contributed by atoms with Gasteiger partial charge in [-0.1, -0.05) is 18.1 Å². The zero-order chi connectivity index (χ0) is 20.4. The van der Waals surface area contributed by atoms with Crippen LogP contribution < -0.4 is 19.5 Å². The second-order valence-corrected chi connectivity index (χ2v) is 7.21. The first kappa shape index (κ1) is 18.7. The maximum absolute atomic E-state index is 12.6. The van der Waals surface area contributed by atoms with Crippen molar-refractivity contribution in [2.24, 2.45) is 0 Å². The molecule has 1 aliphatic rings. The monoisotopic (exact) mass is 391 g/mol. The van der Waals surface area contributed by atoms with Gasteiger partial charge in [-0.3, -0.25) is 9.89 Å². The molecule has 1 amide bonds. The highest BCUT2D eigenvalue weighted by Crippen LogP contribution is 2.33. The van der Waals surface area contributed by atoms with Gasteiger partial charge in [0.15, 0.2) is 22.9 Å². The molecular weight excluding hydrogens is 370 g/mol. The van der Waals surface area contributed by atoms with E-state index < -0.39 is 5.60 Å². The van der Waals surface area contributed by atoms with Gasteiger partial charge in [0.05, 0.1) is 17.3 Å². The fraction of sp³-hybridized carbons (Fsp3) is 0.273. The molecular formula is C22H21N3O4. The molecule has 0 atom stereocenters. The standard InChI is InChI=1S/C22H21N3O4/c1-4-22(2,3)29-17-7-5-6-15-20(17)21(25-24-15)23-19(26)13-14-8-9-16-18(12-14)28-11-10-27-16/h1,5-9,12H,10-11,13H2,2-3H3,(H2,23,24,25,26). The van der Waals surface area contributed by atoms with Gasteiger partial charge in [0.1, 0.15) is 19.0 Å². The number of aromatic amines is 1. The Balaban J connectivity index is 1.55. The number of H-pyrrole nitrogens is 1. The lowest BCUT2D eigenvalue weighted by molar-refractivity contribution is -0.115. The number of carbonyl (C=O) groups is 1. The summed E-state index contributed by atoms with van der Waals surface area (Å²) in [5.41, 5.74) is 0.763. The zero-order valence-electron chi connectivity index (χ0n) is 16.2. The van der Waals surface area contributed by atoms with Crippen molar-refractivity contribution in [3.63, 3.8) is 0 Å². The molecule has 7 heteroatoms. The number of hydrogen-bond donors (Lipinski definition) is 2. The highest BCUT2D eigenvalue weighted by atomic mass is 16.6. The molecule has 2 aromatic carbocycles. The van der Waals surface area contributed by atoms with Crippen LogP contribution in [0.1, 0.15) is 19.4 Å². The first-order valence-electron chi connectivity index (χ1n) is 9.27. The van der Waals surface area contributed by atoms with Gasteiger partial charge >= 0.3 is 0 Å². The SMILES string of the molecule is C#CC(C)(C)Oc1cccc2[nH]nc(NC(=O)Cc3ccc4c(c3)OCCO4)c12. The molecule has 0 fully saturated rings. The molecule has 0 saturated heterocycles. The number of aromatic nitrogens is 2. The van der Waals surface area contributed by atoms with E-state index >= 15 is 0 Å². The molecule has 1 aromatic heterocycles. The van der Waals surface area contributed by atoms with Crippen molar-refractivity contribution in [1.82, 2.24) is 10.2 Å². The fourth-order valence-corrected chi connectivity index (χ4v) is 3.08. The molecule has 2 heterocycles. The fourth-order valence-electron chi connectivity index (χ4n) is 3.08. The molecule has 0 saturated carbocycles. The van der Waals surface area contributed by atoms with Gasteiger partial charge < -0.3 is 19.5 Å². The van der Waals surface area contributed by atoms with Crippen LogP contribution in [0.4, 0.5) is 5.82 Å². The molecule has 0 unspecified atom stereocenters. The van der Waals surface area contributed by atoms with E-state index in [2.05, 4.69) is 21.4 Å². The maximum atomic E-state index is 12.6. The van der Waals surface area contributed by atoms with E-state index in [0.717, 1.165) is 11.1 Å². The molecule has 3 aromatic rings. The minimum absolute atomic E-state index is 0.171. The number of ether oxygens (including phenoxy) is 3. The highest BCUT2D eigenvalue weighted by molar-refractivity contribution is 6.03. The number of amides is 1. The molecule has 148 valence electrons. The molecule has 29 heavy (non-hydrogen) atoms. The van der Waals surface area contributed by atoms with Crippen LogP contribution in [-0.2, 0) is 11.2 Å². The average molecular weight is 391 g/mol. The summed E-state index contributed by atoms with van der Waals surface area (Å²) < 4.78 is 17.0. The van der Waals surface area contributed by atoms with E-state index in [-0.39, 0.29) is 12.3 Å². The lowest BCUT2D eigenvalue weighted by Gasteiger charge is -2.21. The van der Waals surface area contributed by atoms with Gasteiger partial charge in [0, 0.05) is 0 Å². The van der Waals surface area contributed by atoms with Crippen molar-refractivity contribution < 1.29 is 19.0 Å². The third kappa shape index (κ3) is 3.97. The average Bonchev–Trinajstić information content (AvgIpc) is 3.11. The smallest absolute Gasteiger partial charge is 0.230 e. The summed E-state index contributed by atoms with van der Waals surface area (Å²) in [4.78, 5) is 12.6. The topological polar surface area (TPSA) is 85.5 Å². The summed E-state index contributed by atoms with van der Waals surface area (Å²) in [6.07, 6.45) is 5.71. The van der Waals surface area contributed by atoms with Crippen LogP contribution >= 0.6 is 0 Å². The third-order valence-electron chi connectivity index (χ3n) is 4.49. The predicted molar refractivity (Wildman–Crippen MR) is 109 cm³/mol. The Morgan fingerprint density at radius 3 is 2.86 bits per heavy atom. The van der Waals surface area contributed by atoms with Gasteiger partial charge in [-0.15, -0.1) is 6.42 Å². The molecule has 0 aliphatic carbocycles. The third-order valence-corrected chi connectivity index (χ3v) is 4.49. The molecule has 0 bridgehead atoms. The summed E-state index contributed by atoms with van der Waals surface area (Å²) in [6.45, 7) is 4.62. The Labute approximate surface area is 168 Å². The second kappa shape index (κ2) is 7.40. The van der Waals surface area contributed by atoms with E-state index in [1.54, 1.807) is 19.9 Å². The van der Waals surface area contributed by atoms with E-state index in [1.165, 1.54) is 0 Å². The van der Waals surface area contributed by atoms with Crippen LogP contribution in [-0.4, -0.2) is 34.9 Å². The number of nitrogens with one attached hydrogen (secondary N) is 2. The minimum atomic E-state index is -0.794. The van der Waals surface area contributed by atoms with E-state index in [1.807, 2.05) is 30.3 Å². The Hall–Kier alpha value is -3.66. The van der Waals surface area contributed by atoms with Gasteiger partial charge in [0.2, 0.25) is 5.91 Å². The number of carbonyl (C=O) groups excluding carboxylic acids is 1. The quantitative estimate of drug-likeness (QED) is 0.652. The van der Waals surface area contributed by atoms with Crippen molar-refractivity contribution in [3.8, 4) is 29.6 Å². The van der Waals surface area contributed by atoms with Gasteiger partial charge in [-0.25, -0.2) is 0 Å². The number of fused-ring (bicyclic) bond motifs is 2. The summed E-state index contributed by atoms with van der Waals surface area (Å²) in [7, 11) is 0. The number of anilines is 1. The zero-order valence-corrected chi connectivity index (χ0v) is 16.2. The van der Waals surface area contributed by atoms with Crippen LogP contribution in [0.15, 0.2) is 36.4 Å². The van der Waals surface area contributed by atoms with E-state index in [0.29, 0.717) is 41.7 Å². The normalized spacial score (nSPS) is 13.0. The summed E-state index contributed by atoms with van der Waals surface area (Å²) >= 11 is 0. The lowest BCUT2D eigenvalue weighted by atomic mass is 10.1. The number of nitrogens with zero attached hydrogens (tertiary/aromatic N) is 1. The van der Waals surface area contributed by atoms with Gasteiger partial charge in [-0.2, -0.15) is 5.10 Å². The van der Waals surface area contributed by atoms with Crippen LogP contribution in [0, 0.1) is 12.3 Å². The Morgan fingerprint density at radius 2 is 2.07 bits per heavy atom. The predicted octanol–water partition coefficient (Wildman–Crippen LogP) is 3.31. The van der Waals surface area contributed by atoms with E-state index in [9.17, 15) is 4.79 Å². The second-order valence-electron chi connectivity index (χ2n) is 7.21. The lowest BCUT2D eigenvalue weighted by Crippen LogP contribution is -2.25. The molecule has 2 N–H and O–H groups in total. The van der Waals surface area contributed by atoms with Crippen molar-refractivity contribution in [3.05, 3.63) is 42.0 Å². The van der Waals surface area contributed by atoms with Crippen molar-refractivity contribution >= 4 is 22.6 Å². The van der Waals surface area contributed by atoms with Crippen LogP contribution in [0.3, 0.4) is 0 Å². The number of benzene rings is 2. The number of hydrogen-bond acceptors (Lipinski definition) is 5. The number of rotatable bonds is 5. The first-order valence-corrected chi connectivity index (χ1v) is 9.27. The Bertz CT molecular complexity index is 1110. The van der Waals surface area contributed by atoms with Crippen molar-refractivity contribution in [2.75, 3.05) is 18.5 Å². The first-order chi connectivity index (χ1) is 13.9. The summed E-state index contributed by atoms with van der Waals surface area (Å²) in [5.74, 6) is 4.68. The van der Waals surface area contributed by atoms with Gasteiger partial charge in [-0.05, 0) is 43.7 Å². The van der Waals surface area contributed by atoms with Crippen LogP contribution in [0.2, 0.25) is 0 Å². The Kier molecular flexibility index (Phi) is 4.77. The molecule has 0 radical (unpaired) electrons. The molecule has 1 aliphatic heterocycles. The van der Waals surface area contributed by atoms with Crippen molar-refractivity contribution in [2.45, 2.75) is 25.9 Å². The largest absolute Gasteiger partial charge is 0.486 e. The highest BCUT2D eigenvalue weighted by Gasteiger charge is 2.21. The van der Waals surface area contributed by atoms with E-state index in [4.69, 9.17) is 20.6 Å². The minimum Gasteiger partial charge on any atom is -0.486 e. The van der Waals surface area contributed by atoms with Crippen LogP contribution in [0.25, 0.3) is 10.9 Å². The molecule has 0 spiro atoms. The Morgan fingerprint density at radius 1 is 1.28 bits per heavy atom. The summed E-state index contributed by atoms with van der Waals surface area (Å²) in [6, 6.07) is 11.0. The maximum Gasteiger partial charge on any atom is 0.230 e. The van der Waals surface area contributed by atoms with Crippen LogP contribution in [0.5, 0.6) is 17.2 Å². The summed E-state index contributed by atoms with van der Waals surface area (Å²) in [5, 5.41) is 10.7.